The van der Waals surface area contributed by atoms with E-state index in [1.807, 2.05) is 0 Å². The van der Waals surface area contributed by atoms with Crippen LogP contribution >= 0.6 is 0 Å². The van der Waals surface area contributed by atoms with Crippen LogP contribution < -0.4 is 5.73 Å². The number of benzene rings is 1. The Kier molecular flexibility index (Phi) is 6.29. The fraction of sp³-hybridized carbons (Fsp3) is 0.118. The zero-order valence-corrected chi connectivity index (χ0v) is 14.1. The van der Waals surface area contributed by atoms with E-state index in [4.69, 9.17) is 5.73 Å². The summed E-state index contributed by atoms with van der Waals surface area (Å²) in [5, 5.41) is 10.2. The van der Waals surface area contributed by atoms with Crippen molar-refractivity contribution in [3.8, 4) is 0 Å². The molecular weight excluding hydrogens is 389 g/mol. The molecule has 0 fully saturated rings. The van der Waals surface area contributed by atoms with E-state index in [2.05, 4.69) is 14.7 Å². The average molecular weight is 401 g/mol. The van der Waals surface area contributed by atoms with Crippen LogP contribution in [0.5, 0.6) is 0 Å². The van der Waals surface area contributed by atoms with Crippen LogP contribution in [-0.4, -0.2) is 28.9 Å². The normalized spacial score (nSPS) is 12.2. The smallest absolute Gasteiger partial charge is 0.343 e. The number of esters is 1. The number of pyridine rings is 1. The van der Waals surface area contributed by atoms with E-state index in [9.17, 15) is 31.9 Å². The minimum Gasteiger partial charge on any atom is -0.506 e. The summed E-state index contributed by atoms with van der Waals surface area (Å²) in [7, 11) is 0. The van der Waals surface area contributed by atoms with Crippen LogP contribution in [0.2, 0.25) is 0 Å². The second-order valence-corrected chi connectivity index (χ2v) is 5.15. The molecule has 0 saturated heterocycles. The number of aliphatic hydroxyl groups is 1. The predicted octanol–water partition coefficient (Wildman–Crippen LogP) is 3.59. The zero-order chi connectivity index (χ0) is 21.0. The topological polar surface area (TPSA) is 97.8 Å². The van der Waals surface area contributed by atoms with Crippen LogP contribution in [0, 0.1) is 29.1 Å². The maximum absolute atomic E-state index is 13.9. The Labute approximate surface area is 154 Å². The molecule has 0 aliphatic heterocycles. The number of aromatic nitrogens is 1. The fourth-order valence-electron chi connectivity index (χ4n) is 1.96. The Bertz CT molecular complexity index is 992. The Morgan fingerprint density at radius 3 is 2.36 bits per heavy atom. The lowest BCUT2D eigenvalue weighted by molar-refractivity contribution is -0.137. The average Bonchev–Trinajstić information content (AvgIpc) is 2.62. The lowest BCUT2D eigenvalue weighted by Gasteiger charge is -2.08. The summed E-state index contributed by atoms with van der Waals surface area (Å²) in [4.78, 5) is 18.8. The highest BCUT2D eigenvalue weighted by Gasteiger charge is 2.21. The van der Waals surface area contributed by atoms with Gasteiger partial charge in [-0.2, -0.15) is 0 Å². The molecule has 0 amide bonds. The third kappa shape index (κ3) is 4.42. The molecule has 0 unspecified atom stereocenters. The van der Waals surface area contributed by atoms with Gasteiger partial charge < -0.3 is 15.6 Å². The number of rotatable bonds is 5. The highest BCUT2D eigenvalue weighted by atomic mass is 19.2. The van der Waals surface area contributed by atoms with E-state index < -0.39 is 63.6 Å². The minimum absolute atomic E-state index is 0.155. The Balaban J connectivity index is 2.60. The van der Waals surface area contributed by atoms with E-state index in [1.54, 1.807) is 0 Å². The largest absolute Gasteiger partial charge is 0.506 e. The molecule has 0 aliphatic rings. The summed E-state index contributed by atoms with van der Waals surface area (Å²) < 4.78 is 71.8. The number of halogens is 5. The zero-order valence-electron chi connectivity index (χ0n) is 14.1. The Morgan fingerprint density at radius 2 is 1.71 bits per heavy atom. The molecule has 6 nitrogen and oxygen atoms in total. The van der Waals surface area contributed by atoms with Gasteiger partial charge in [0.2, 0.25) is 0 Å². The first kappa shape index (κ1) is 20.8. The number of aliphatic hydroxyl groups excluding tert-OH is 1. The van der Waals surface area contributed by atoms with E-state index >= 15 is 0 Å². The van der Waals surface area contributed by atoms with Crippen LogP contribution in [0.3, 0.4) is 0 Å². The van der Waals surface area contributed by atoms with Gasteiger partial charge in [-0.05, 0) is 13.0 Å². The van der Waals surface area contributed by atoms with Crippen molar-refractivity contribution < 1.29 is 36.6 Å². The standard InChI is InChI=1S/C17H12F5N3O3/c1-2-28-17(27)8(6-24-16-13(22)5-12(21)15(23)25-16)14(26)7-3-10(19)11(20)4-9(7)18/h3-6,26H,2H2,1H3,(H2,23,25)/b14-8-,24-6+. The molecule has 2 rings (SSSR count). The monoisotopic (exact) mass is 401 g/mol. The number of nitrogen functional groups attached to an aromatic ring is 1. The maximum Gasteiger partial charge on any atom is 0.343 e. The highest BCUT2D eigenvalue weighted by molar-refractivity contribution is 6.15. The van der Waals surface area contributed by atoms with Gasteiger partial charge in [0.15, 0.2) is 34.9 Å². The number of carbonyl (C=O) groups is 1. The molecule has 1 heterocycles. The van der Waals surface area contributed by atoms with Crippen LogP contribution in [-0.2, 0) is 9.53 Å². The number of hydrogen-bond acceptors (Lipinski definition) is 6. The van der Waals surface area contributed by atoms with Gasteiger partial charge in [0.05, 0.1) is 12.2 Å². The van der Waals surface area contributed by atoms with E-state index in [0.29, 0.717) is 18.3 Å². The van der Waals surface area contributed by atoms with Crippen LogP contribution in [0.1, 0.15) is 12.5 Å². The molecule has 0 aliphatic carbocycles. The first-order valence-corrected chi connectivity index (χ1v) is 7.56. The minimum atomic E-state index is -1.52. The number of hydrogen-bond donors (Lipinski definition) is 2. The number of aliphatic imine (C=N–C) groups is 1. The number of ether oxygens (including phenoxy) is 1. The van der Waals surface area contributed by atoms with Gasteiger partial charge in [0.1, 0.15) is 17.1 Å². The van der Waals surface area contributed by atoms with Gasteiger partial charge in [-0.3, -0.25) is 0 Å². The first-order valence-electron chi connectivity index (χ1n) is 7.56. The molecular formula is C17H12F5N3O3. The summed E-state index contributed by atoms with van der Waals surface area (Å²) >= 11 is 0. The predicted molar refractivity (Wildman–Crippen MR) is 89.2 cm³/mol. The van der Waals surface area contributed by atoms with Crippen molar-refractivity contribution in [1.82, 2.24) is 4.98 Å². The summed E-state index contributed by atoms with van der Waals surface area (Å²) in [5.74, 6) is -10.6. The Morgan fingerprint density at radius 1 is 1.11 bits per heavy atom. The third-order valence-electron chi connectivity index (χ3n) is 3.27. The fourth-order valence-corrected chi connectivity index (χ4v) is 1.96. The van der Waals surface area contributed by atoms with Crippen molar-refractivity contribution >= 4 is 29.6 Å². The van der Waals surface area contributed by atoms with Crippen LogP contribution in [0.4, 0.5) is 33.6 Å². The second kappa shape index (κ2) is 8.46. The summed E-state index contributed by atoms with van der Waals surface area (Å²) in [6.07, 6.45) is 0.538. The Hall–Kier alpha value is -3.50. The van der Waals surface area contributed by atoms with Gasteiger partial charge in [0.25, 0.3) is 0 Å². The van der Waals surface area contributed by atoms with Crippen LogP contribution in [0.25, 0.3) is 5.76 Å². The van der Waals surface area contributed by atoms with E-state index in [1.165, 1.54) is 6.92 Å². The van der Waals surface area contributed by atoms with E-state index in [0.717, 1.165) is 0 Å². The molecule has 0 bridgehead atoms. The SMILES string of the molecule is CCOC(=O)C(/C=N/c1nc(N)c(F)cc1F)=C(\O)c1cc(F)c(F)cc1F. The van der Waals surface area contributed by atoms with Gasteiger partial charge >= 0.3 is 5.97 Å². The van der Waals surface area contributed by atoms with Crippen molar-refractivity contribution in [2.24, 2.45) is 4.99 Å². The van der Waals surface area contributed by atoms with Crippen molar-refractivity contribution in [2.45, 2.75) is 6.92 Å². The molecule has 0 radical (unpaired) electrons. The van der Waals surface area contributed by atoms with Crippen LogP contribution in [0.15, 0.2) is 28.8 Å². The summed E-state index contributed by atoms with van der Waals surface area (Å²) in [5.41, 5.74) is 3.50. The van der Waals surface area contributed by atoms with E-state index in [-0.39, 0.29) is 12.7 Å². The molecule has 11 heteroatoms. The molecule has 0 atom stereocenters. The lowest BCUT2D eigenvalue weighted by Crippen LogP contribution is -2.12. The molecule has 0 spiro atoms. The number of carbonyl (C=O) groups excluding carboxylic acids is 1. The third-order valence-corrected chi connectivity index (χ3v) is 3.27. The molecule has 2 aromatic rings. The van der Waals surface area contributed by atoms with Crippen molar-refractivity contribution in [3.63, 3.8) is 0 Å². The number of nitrogens with two attached hydrogens (primary N) is 1. The first-order chi connectivity index (χ1) is 13.1. The van der Waals surface area contributed by atoms with Crippen molar-refractivity contribution in [3.05, 3.63) is 58.4 Å². The summed E-state index contributed by atoms with van der Waals surface area (Å²) in [6.45, 7) is 1.25. The number of anilines is 1. The highest BCUT2D eigenvalue weighted by Crippen LogP contribution is 2.24. The molecule has 148 valence electrons. The van der Waals surface area contributed by atoms with Gasteiger partial charge in [-0.15, -0.1) is 0 Å². The van der Waals surface area contributed by atoms with Gasteiger partial charge in [-0.1, -0.05) is 0 Å². The lowest BCUT2D eigenvalue weighted by atomic mass is 10.1. The molecule has 3 N–H and O–H groups in total. The van der Waals surface area contributed by atoms with Gasteiger partial charge in [-0.25, -0.2) is 36.7 Å². The maximum atomic E-state index is 13.9. The molecule has 1 aromatic heterocycles. The number of nitrogens with zero attached hydrogens (tertiary/aromatic N) is 2. The quantitative estimate of drug-likeness (QED) is 0.199. The van der Waals surface area contributed by atoms with Gasteiger partial charge in [0, 0.05) is 18.3 Å². The second-order valence-electron chi connectivity index (χ2n) is 5.15. The van der Waals surface area contributed by atoms with Crippen molar-refractivity contribution in [2.75, 3.05) is 12.3 Å². The van der Waals surface area contributed by atoms with Crippen molar-refractivity contribution in [1.29, 1.82) is 0 Å². The summed E-state index contributed by atoms with van der Waals surface area (Å²) in [6, 6.07) is 0.849. The molecule has 28 heavy (non-hydrogen) atoms. The molecule has 0 saturated carbocycles. The molecule has 1 aromatic carbocycles.